The van der Waals surface area contributed by atoms with E-state index >= 15 is 0 Å². The fourth-order valence-electron chi connectivity index (χ4n) is 2.81. The molecule has 3 heteroatoms. The molecule has 0 aliphatic heterocycles. The fraction of sp³-hybridized carbons (Fsp3) is 0.929. The van der Waals surface area contributed by atoms with Crippen LogP contribution in [-0.4, -0.2) is 35.6 Å². The van der Waals surface area contributed by atoms with Crippen molar-refractivity contribution in [1.82, 2.24) is 4.90 Å². The van der Waals surface area contributed by atoms with Crippen LogP contribution in [0.3, 0.4) is 0 Å². The monoisotopic (exact) mass is 241 g/mol. The third-order valence-corrected chi connectivity index (χ3v) is 4.17. The lowest BCUT2D eigenvalue weighted by atomic mass is 9.84. The number of hydrogen-bond acceptors (Lipinski definition) is 2. The molecule has 0 radical (unpaired) electrons. The Morgan fingerprint density at radius 1 is 1.24 bits per heavy atom. The normalized spacial score (nSPS) is 25.1. The highest BCUT2D eigenvalue weighted by Gasteiger charge is 2.22. The van der Waals surface area contributed by atoms with Gasteiger partial charge in [0.25, 0.3) is 0 Å². The zero-order valence-electron chi connectivity index (χ0n) is 11.3. The van der Waals surface area contributed by atoms with Gasteiger partial charge in [-0.25, -0.2) is 0 Å². The molecular weight excluding hydrogens is 214 g/mol. The minimum absolute atomic E-state index is 0.316. The lowest BCUT2D eigenvalue weighted by molar-refractivity contribution is -0.137. The number of carbonyl (C=O) groups is 1. The van der Waals surface area contributed by atoms with Gasteiger partial charge in [-0.15, -0.1) is 0 Å². The largest absolute Gasteiger partial charge is 0.481 e. The molecule has 1 rings (SSSR count). The molecule has 3 nitrogen and oxygen atoms in total. The average Bonchev–Trinajstić information content (AvgIpc) is 2.34. The zero-order chi connectivity index (χ0) is 12.7. The van der Waals surface area contributed by atoms with Crippen molar-refractivity contribution < 1.29 is 9.90 Å². The molecule has 1 fully saturated rings. The molecule has 0 spiro atoms. The van der Waals surface area contributed by atoms with Crippen LogP contribution in [0.5, 0.6) is 0 Å². The van der Waals surface area contributed by atoms with Gasteiger partial charge in [0.2, 0.25) is 0 Å². The van der Waals surface area contributed by atoms with Crippen LogP contribution >= 0.6 is 0 Å². The summed E-state index contributed by atoms with van der Waals surface area (Å²) in [4.78, 5) is 12.8. The van der Waals surface area contributed by atoms with E-state index in [1.165, 1.54) is 32.1 Å². The standard InChI is InChI=1S/C14H27NO2/c1-3-12-7-9-13(10-8-12)15(2)11-5-4-6-14(16)17/h12-13H,3-11H2,1-2H3,(H,16,17). The predicted molar refractivity (Wildman–Crippen MR) is 70.2 cm³/mol. The van der Waals surface area contributed by atoms with Crippen LogP contribution in [0.4, 0.5) is 0 Å². The molecule has 0 amide bonds. The van der Waals surface area contributed by atoms with Crippen LogP contribution in [-0.2, 0) is 4.79 Å². The Balaban J connectivity index is 2.11. The minimum atomic E-state index is -0.670. The van der Waals surface area contributed by atoms with Crippen LogP contribution in [0.2, 0.25) is 0 Å². The summed E-state index contributed by atoms with van der Waals surface area (Å²) in [7, 11) is 2.19. The highest BCUT2D eigenvalue weighted by Crippen LogP contribution is 2.28. The predicted octanol–water partition coefficient (Wildman–Crippen LogP) is 3.14. The van der Waals surface area contributed by atoms with Crippen LogP contribution in [0.1, 0.15) is 58.3 Å². The number of nitrogens with zero attached hydrogens (tertiary/aromatic N) is 1. The Kier molecular flexibility index (Phi) is 6.56. The number of unbranched alkanes of at least 4 members (excludes halogenated alkanes) is 1. The Morgan fingerprint density at radius 3 is 2.41 bits per heavy atom. The number of carboxylic acids is 1. The van der Waals surface area contributed by atoms with Crippen molar-refractivity contribution >= 4 is 5.97 Å². The molecule has 0 atom stereocenters. The van der Waals surface area contributed by atoms with Crippen molar-refractivity contribution in [3.63, 3.8) is 0 Å². The second-order valence-corrected chi connectivity index (χ2v) is 5.41. The molecule has 17 heavy (non-hydrogen) atoms. The first-order valence-electron chi connectivity index (χ1n) is 7.05. The Morgan fingerprint density at radius 2 is 1.88 bits per heavy atom. The summed E-state index contributed by atoms with van der Waals surface area (Å²) in [5.74, 6) is 0.280. The number of aliphatic carboxylic acids is 1. The SMILES string of the molecule is CCC1CCC(N(C)CCCCC(=O)O)CC1. The third-order valence-electron chi connectivity index (χ3n) is 4.17. The maximum Gasteiger partial charge on any atom is 0.303 e. The van der Waals surface area contributed by atoms with E-state index in [2.05, 4.69) is 18.9 Å². The van der Waals surface area contributed by atoms with Gasteiger partial charge in [0.1, 0.15) is 0 Å². The zero-order valence-corrected chi connectivity index (χ0v) is 11.3. The fourth-order valence-corrected chi connectivity index (χ4v) is 2.81. The van der Waals surface area contributed by atoms with Crippen molar-refractivity contribution in [3.05, 3.63) is 0 Å². The van der Waals surface area contributed by atoms with E-state index in [4.69, 9.17) is 5.11 Å². The first-order valence-corrected chi connectivity index (χ1v) is 7.05. The van der Waals surface area contributed by atoms with Crippen molar-refractivity contribution in [1.29, 1.82) is 0 Å². The molecule has 0 aromatic carbocycles. The summed E-state index contributed by atoms with van der Waals surface area (Å²) in [6.45, 7) is 3.34. The van der Waals surface area contributed by atoms with Crippen LogP contribution < -0.4 is 0 Å². The average molecular weight is 241 g/mol. The molecule has 1 saturated carbocycles. The molecule has 0 aromatic heterocycles. The molecule has 0 bridgehead atoms. The molecule has 0 unspecified atom stereocenters. The first kappa shape index (κ1) is 14.5. The molecular formula is C14H27NO2. The maximum absolute atomic E-state index is 10.4. The highest BCUT2D eigenvalue weighted by atomic mass is 16.4. The van der Waals surface area contributed by atoms with E-state index in [9.17, 15) is 4.79 Å². The molecule has 0 heterocycles. The molecule has 1 aliphatic rings. The Labute approximate surface area is 105 Å². The van der Waals surface area contributed by atoms with E-state index in [1.807, 2.05) is 0 Å². The third kappa shape index (κ3) is 5.53. The Hall–Kier alpha value is -0.570. The van der Waals surface area contributed by atoms with Gasteiger partial charge in [0, 0.05) is 12.5 Å². The van der Waals surface area contributed by atoms with E-state index in [1.54, 1.807) is 0 Å². The second kappa shape index (κ2) is 7.70. The summed E-state index contributed by atoms with van der Waals surface area (Å²) >= 11 is 0. The van der Waals surface area contributed by atoms with E-state index in [0.717, 1.165) is 31.3 Å². The smallest absolute Gasteiger partial charge is 0.303 e. The number of rotatable bonds is 7. The molecule has 0 aromatic rings. The van der Waals surface area contributed by atoms with Gasteiger partial charge in [0.15, 0.2) is 0 Å². The van der Waals surface area contributed by atoms with Gasteiger partial charge in [-0.1, -0.05) is 13.3 Å². The topological polar surface area (TPSA) is 40.5 Å². The van der Waals surface area contributed by atoms with Gasteiger partial charge in [0.05, 0.1) is 0 Å². The molecule has 0 saturated heterocycles. The summed E-state index contributed by atoms with van der Waals surface area (Å²) < 4.78 is 0. The number of carboxylic acid groups (broad SMARTS) is 1. The Bertz CT molecular complexity index is 222. The van der Waals surface area contributed by atoms with Crippen LogP contribution in [0.25, 0.3) is 0 Å². The first-order chi connectivity index (χ1) is 8.13. The van der Waals surface area contributed by atoms with E-state index in [0.29, 0.717) is 6.42 Å². The van der Waals surface area contributed by atoms with Crippen LogP contribution in [0, 0.1) is 5.92 Å². The van der Waals surface area contributed by atoms with Gasteiger partial charge >= 0.3 is 5.97 Å². The van der Waals surface area contributed by atoms with Gasteiger partial charge < -0.3 is 10.0 Å². The summed E-state index contributed by atoms with van der Waals surface area (Å²) in [6, 6.07) is 0.739. The van der Waals surface area contributed by atoms with E-state index < -0.39 is 5.97 Å². The number of hydrogen-bond donors (Lipinski definition) is 1. The second-order valence-electron chi connectivity index (χ2n) is 5.41. The van der Waals surface area contributed by atoms with Crippen molar-refractivity contribution in [3.8, 4) is 0 Å². The summed E-state index contributed by atoms with van der Waals surface area (Å²) in [6.07, 6.45) is 8.87. The maximum atomic E-state index is 10.4. The van der Waals surface area contributed by atoms with E-state index in [-0.39, 0.29) is 0 Å². The highest BCUT2D eigenvalue weighted by molar-refractivity contribution is 5.66. The molecule has 1 aliphatic carbocycles. The quantitative estimate of drug-likeness (QED) is 0.696. The molecule has 100 valence electrons. The molecule has 1 N–H and O–H groups in total. The van der Waals surface area contributed by atoms with Gasteiger partial charge in [-0.2, -0.15) is 0 Å². The van der Waals surface area contributed by atoms with Crippen molar-refractivity contribution in [2.75, 3.05) is 13.6 Å². The van der Waals surface area contributed by atoms with Gasteiger partial charge in [-0.3, -0.25) is 4.79 Å². The van der Waals surface area contributed by atoms with Crippen molar-refractivity contribution in [2.24, 2.45) is 5.92 Å². The lowest BCUT2D eigenvalue weighted by Crippen LogP contribution is -2.35. The summed E-state index contributed by atoms with van der Waals surface area (Å²) in [5, 5.41) is 8.57. The minimum Gasteiger partial charge on any atom is -0.481 e. The summed E-state index contributed by atoms with van der Waals surface area (Å²) in [5.41, 5.74) is 0. The van der Waals surface area contributed by atoms with Gasteiger partial charge in [-0.05, 0) is 58.0 Å². The van der Waals surface area contributed by atoms with Crippen molar-refractivity contribution in [2.45, 2.75) is 64.3 Å². The lowest BCUT2D eigenvalue weighted by Gasteiger charge is -2.34. The van der Waals surface area contributed by atoms with Crippen LogP contribution in [0.15, 0.2) is 0 Å².